The molecule has 0 spiro atoms. The Balaban J connectivity index is 1.43. The van der Waals surface area contributed by atoms with Gasteiger partial charge in [0.25, 0.3) is 0 Å². The maximum Gasteiger partial charge on any atom is 0.337 e. The third-order valence-electron chi connectivity index (χ3n) is 6.34. The van der Waals surface area contributed by atoms with Gasteiger partial charge >= 0.3 is 5.97 Å². The second kappa shape index (κ2) is 12.3. The highest BCUT2D eigenvalue weighted by atomic mass is 35.5. The van der Waals surface area contributed by atoms with Gasteiger partial charge in [-0.25, -0.2) is 22.0 Å². The van der Waals surface area contributed by atoms with E-state index in [1.165, 1.54) is 7.11 Å². The number of esters is 1. The van der Waals surface area contributed by atoms with E-state index in [-0.39, 0.29) is 25.8 Å². The first-order valence-corrected chi connectivity index (χ1v) is 13.7. The Labute approximate surface area is 225 Å². The Morgan fingerprint density at radius 2 is 1.55 bits per heavy atom. The molecule has 0 aliphatic carbocycles. The minimum absolute atomic E-state index is 0.0818. The molecule has 0 radical (unpaired) electrons. The van der Waals surface area contributed by atoms with E-state index in [1.807, 2.05) is 17.0 Å². The van der Waals surface area contributed by atoms with Gasteiger partial charge in [-0.2, -0.15) is 4.31 Å². The summed E-state index contributed by atoms with van der Waals surface area (Å²) in [6, 6.07) is 17.2. The summed E-state index contributed by atoms with van der Waals surface area (Å²) in [5.74, 6) is -2.64. The maximum absolute atomic E-state index is 14.2. The smallest absolute Gasteiger partial charge is 0.337 e. The predicted octanol–water partition coefficient (Wildman–Crippen LogP) is 4.67. The first-order valence-electron chi connectivity index (χ1n) is 11.9. The van der Waals surface area contributed by atoms with E-state index in [2.05, 4.69) is 0 Å². The van der Waals surface area contributed by atoms with Gasteiger partial charge in [-0.3, -0.25) is 4.90 Å². The lowest BCUT2D eigenvalue weighted by atomic mass is 10.1. The highest BCUT2D eigenvalue weighted by Crippen LogP contribution is 2.26. The van der Waals surface area contributed by atoms with Crippen LogP contribution in [0.3, 0.4) is 0 Å². The van der Waals surface area contributed by atoms with E-state index in [0.29, 0.717) is 30.2 Å². The topological polar surface area (TPSA) is 76.2 Å². The van der Waals surface area contributed by atoms with Crippen molar-refractivity contribution in [2.45, 2.75) is 17.6 Å². The van der Waals surface area contributed by atoms with Crippen LogP contribution in [0.1, 0.15) is 27.6 Å². The molecule has 0 N–H and O–H groups in total. The van der Waals surface area contributed by atoms with Crippen LogP contribution in [-0.2, 0) is 26.1 Å². The number of halogens is 3. The van der Waals surface area contributed by atoms with Gasteiger partial charge in [-0.15, -0.1) is 0 Å². The van der Waals surface area contributed by atoms with Crippen molar-refractivity contribution in [3.8, 4) is 0 Å². The highest BCUT2D eigenvalue weighted by molar-refractivity contribution is 7.89. The molecule has 0 saturated carbocycles. The van der Waals surface area contributed by atoms with Crippen molar-refractivity contribution < 1.29 is 31.5 Å². The molecule has 11 heteroatoms. The fraction of sp³-hybridized carbons (Fsp3) is 0.296. The Hall–Kier alpha value is -2.89. The van der Waals surface area contributed by atoms with E-state index in [0.717, 1.165) is 33.6 Å². The van der Waals surface area contributed by atoms with Crippen LogP contribution < -0.4 is 0 Å². The van der Waals surface area contributed by atoms with Crippen molar-refractivity contribution in [1.29, 1.82) is 0 Å². The zero-order valence-corrected chi connectivity index (χ0v) is 22.2. The van der Waals surface area contributed by atoms with Gasteiger partial charge in [0.05, 0.1) is 25.4 Å². The molecular weight excluding hydrogens is 538 g/mol. The fourth-order valence-electron chi connectivity index (χ4n) is 4.23. The number of hydrogen-bond donors (Lipinski definition) is 0. The van der Waals surface area contributed by atoms with E-state index >= 15 is 0 Å². The summed E-state index contributed by atoms with van der Waals surface area (Å²) in [4.78, 5) is 12.8. The lowest BCUT2D eigenvalue weighted by Crippen LogP contribution is -2.49. The second-order valence-corrected chi connectivity index (χ2v) is 11.1. The Morgan fingerprint density at radius 1 is 0.947 bits per heavy atom. The zero-order chi connectivity index (χ0) is 27.3. The molecule has 1 saturated heterocycles. The molecule has 0 aromatic heterocycles. The van der Waals surface area contributed by atoms with E-state index in [9.17, 15) is 22.0 Å². The Bertz CT molecular complexity index is 1340. The third-order valence-corrected chi connectivity index (χ3v) is 8.54. The van der Waals surface area contributed by atoms with Crippen LogP contribution in [0, 0.1) is 11.6 Å². The molecule has 1 fully saturated rings. The molecule has 3 aromatic carbocycles. The lowest BCUT2D eigenvalue weighted by molar-refractivity contribution is 0.00769. The average Bonchev–Trinajstić information content (AvgIpc) is 2.91. The lowest BCUT2D eigenvalue weighted by Gasteiger charge is -2.36. The molecule has 1 aliphatic heterocycles. The van der Waals surface area contributed by atoms with Crippen molar-refractivity contribution in [2.24, 2.45) is 0 Å². The van der Waals surface area contributed by atoms with Gasteiger partial charge in [0.2, 0.25) is 10.0 Å². The van der Waals surface area contributed by atoms with Crippen molar-refractivity contribution in [3.05, 3.63) is 100 Å². The summed E-state index contributed by atoms with van der Waals surface area (Å²) >= 11 is 6.06. The van der Waals surface area contributed by atoms with Crippen molar-refractivity contribution in [3.63, 3.8) is 0 Å². The number of sulfonamides is 1. The van der Waals surface area contributed by atoms with Crippen LogP contribution in [0.5, 0.6) is 0 Å². The number of hydrogen-bond acceptors (Lipinski definition) is 6. The van der Waals surface area contributed by atoms with E-state index in [4.69, 9.17) is 21.1 Å². The van der Waals surface area contributed by atoms with Crippen molar-refractivity contribution in [1.82, 2.24) is 9.21 Å². The van der Waals surface area contributed by atoms with Crippen LogP contribution >= 0.6 is 11.6 Å². The molecule has 1 heterocycles. The third kappa shape index (κ3) is 6.57. The van der Waals surface area contributed by atoms with Gasteiger partial charge < -0.3 is 9.47 Å². The standard InChI is InChI=1S/C27H27ClF2N2O5S/c1-36-27(33)21-7-5-19(6-8-21)18-37-25(20-9-11-22(28)12-10-20)17-31-13-15-32(16-14-31)38(34,35)26-23(29)3-2-4-24(26)30/h2-12,25H,13-18H2,1H3/t25-/m0/s1. The van der Waals surface area contributed by atoms with E-state index < -0.39 is 32.5 Å². The monoisotopic (exact) mass is 564 g/mol. The van der Waals surface area contributed by atoms with Crippen molar-refractivity contribution >= 4 is 27.6 Å². The van der Waals surface area contributed by atoms with Gasteiger partial charge in [-0.05, 0) is 47.5 Å². The molecule has 0 amide bonds. The van der Waals surface area contributed by atoms with Gasteiger partial charge in [0, 0.05) is 37.7 Å². The van der Waals surface area contributed by atoms with Crippen LogP contribution in [0.4, 0.5) is 8.78 Å². The van der Waals surface area contributed by atoms with Crippen molar-refractivity contribution in [2.75, 3.05) is 39.8 Å². The van der Waals surface area contributed by atoms with Crippen LogP contribution in [0.2, 0.25) is 5.02 Å². The Kier molecular flexibility index (Phi) is 9.11. The molecule has 202 valence electrons. The summed E-state index contributed by atoms with van der Waals surface area (Å²) in [6.45, 7) is 1.61. The number of carbonyl (C=O) groups excluding carboxylic acids is 1. The van der Waals surface area contributed by atoms with E-state index in [1.54, 1.807) is 36.4 Å². The Morgan fingerprint density at radius 3 is 2.13 bits per heavy atom. The molecule has 1 aliphatic rings. The summed E-state index contributed by atoms with van der Waals surface area (Å²) in [7, 11) is -2.99. The number of ether oxygens (including phenoxy) is 2. The largest absolute Gasteiger partial charge is 0.465 e. The first-order chi connectivity index (χ1) is 18.2. The molecule has 7 nitrogen and oxygen atoms in total. The number of nitrogens with zero attached hydrogens (tertiary/aromatic N) is 2. The van der Waals surface area contributed by atoms with Gasteiger partial charge in [-0.1, -0.05) is 41.9 Å². The number of rotatable bonds is 9. The molecule has 0 bridgehead atoms. The fourth-order valence-corrected chi connectivity index (χ4v) is 5.89. The number of methoxy groups -OCH3 is 1. The minimum atomic E-state index is -4.31. The summed E-state index contributed by atoms with van der Waals surface area (Å²) in [5, 5.41) is 0.588. The molecule has 38 heavy (non-hydrogen) atoms. The summed E-state index contributed by atoms with van der Waals surface area (Å²) in [5.41, 5.74) is 2.19. The SMILES string of the molecule is COC(=O)c1ccc(CO[C@@H](CN2CCN(S(=O)(=O)c3c(F)cccc3F)CC2)c2ccc(Cl)cc2)cc1. The maximum atomic E-state index is 14.2. The number of carbonyl (C=O) groups is 1. The zero-order valence-electron chi connectivity index (χ0n) is 20.6. The first kappa shape index (κ1) is 28.1. The molecule has 3 aromatic rings. The molecular formula is C27H27ClF2N2O5S. The number of benzene rings is 3. The summed E-state index contributed by atoms with van der Waals surface area (Å²) < 4.78 is 66.2. The molecule has 0 unspecified atom stereocenters. The number of piperazine rings is 1. The quantitative estimate of drug-likeness (QED) is 0.352. The summed E-state index contributed by atoms with van der Waals surface area (Å²) in [6.07, 6.45) is -0.361. The average molecular weight is 565 g/mol. The normalized spacial score (nSPS) is 15.8. The van der Waals surface area contributed by atoms with Crippen LogP contribution in [-0.4, -0.2) is 63.4 Å². The van der Waals surface area contributed by atoms with Gasteiger partial charge in [0.15, 0.2) is 4.90 Å². The molecule has 1 atom stereocenters. The predicted molar refractivity (Wildman–Crippen MR) is 138 cm³/mol. The van der Waals surface area contributed by atoms with Gasteiger partial charge in [0.1, 0.15) is 11.6 Å². The van der Waals surface area contributed by atoms with Crippen LogP contribution in [0.25, 0.3) is 0 Å². The molecule has 4 rings (SSSR count). The second-order valence-electron chi connectivity index (χ2n) is 8.80. The van der Waals surface area contributed by atoms with Crippen LogP contribution in [0.15, 0.2) is 71.6 Å². The highest BCUT2D eigenvalue weighted by Gasteiger charge is 2.33. The minimum Gasteiger partial charge on any atom is -0.465 e.